The Morgan fingerprint density at radius 1 is 1.14 bits per heavy atom. The fourth-order valence-electron chi connectivity index (χ4n) is 4.86. The third kappa shape index (κ3) is 4.71. The van der Waals surface area contributed by atoms with Crippen molar-refractivity contribution in [3.63, 3.8) is 0 Å². The number of benzene rings is 2. The number of nitrogens with zero attached hydrogens (tertiary/aromatic N) is 1. The number of pyridine rings is 1. The molecular formula is C29H28FNO4. The van der Waals surface area contributed by atoms with E-state index in [2.05, 4.69) is 13.8 Å². The van der Waals surface area contributed by atoms with E-state index in [1.165, 1.54) is 12.1 Å². The summed E-state index contributed by atoms with van der Waals surface area (Å²) >= 11 is 0. The molecule has 6 heteroatoms. The van der Waals surface area contributed by atoms with Crippen molar-refractivity contribution in [1.82, 2.24) is 4.98 Å². The number of aliphatic hydroxyl groups excluding tert-OH is 1. The van der Waals surface area contributed by atoms with Gasteiger partial charge in [-0.3, -0.25) is 9.78 Å². The Bertz CT molecular complexity index is 1280. The van der Waals surface area contributed by atoms with Crippen LogP contribution in [-0.2, 0) is 16.0 Å². The molecule has 0 aliphatic carbocycles. The summed E-state index contributed by atoms with van der Waals surface area (Å²) in [4.78, 5) is 17.0. The Morgan fingerprint density at radius 3 is 2.66 bits per heavy atom. The van der Waals surface area contributed by atoms with Crippen LogP contribution in [0.2, 0.25) is 0 Å². The lowest BCUT2D eigenvalue weighted by atomic mass is 9.86. The van der Waals surface area contributed by atoms with Crippen molar-refractivity contribution in [3.8, 4) is 28.1 Å². The molecule has 180 valence electrons. The molecule has 0 saturated carbocycles. The Balaban J connectivity index is 1.74. The second kappa shape index (κ2) is 9.62. The van der Waals surface area contributed by atoms with Crippen LogP contribution in [0.4, 0.5) is 4.39 Å². The molecule has 1 aromatic heterocycles. The molecule has 0 spiro atoms. The normalized spacial score (nSPS) is 19.6. The van der Waals surface area contributed by atoms with Crippen LogP contribution in [-0.4, -0.2) is 34.9 Å². The largest absolute Gasteiger partial charge is 0.493 e. The maximum Gasteiger partial charge on any atom is 0.309 e. The lowest BCUT2D eigenvalue weighted by Gasteiger charge is -2.24. The molecule has 0 bridgehead atoms. The molecule has 1 saturated heterocycles. The van der Waals surface area contributed by atoms with E-state index in [4.69, 9.17) is 14.5 Å². The van der Waals surface area contributed by atoms with Gasteiger partial charge in [-0.15, -0.1) is 0 Å². The van der Waals surface area contributed by atoms with Gasteiger partial charge in [-0.1, -0.05) is 44.2 Å². The summed E-state index contributed by atoms with van der Waals surface area (Å²) in [5.74, 6) is 0.182. The van der Waals surface area contributed by atoms with Crippen LogP contribution in [0.5, 0.6) is 5.75 Å². The van der Waals surface area contributed by atoms with Gasteiger partial charge in [0.15, 0.2) is 0 Å². The summed E-state index contributed by atoms with van der Waals surface area (Å²) in [5, 5.41) is 10.0. The number of aromatic nitrogens is 1. The Morgan fingerprint density at radius 2 is 1.91 bits per heavy atom. The molecule has 1 fully saturated rings. The summed E-state index contributed by atoms with van der Waals surface area (Å²) in [7, 11) is 0. The van der Waals surface area contributed by atoms with Gasteiger partial charge >= 0.3 is 5.97 Å². The minimum atomic E-state index is -0.717. The van der Waals surface area contributed by atoms with Crippen molar-refractivity contribution in [2.75, 3.05) is 6.61 Å². The zero-order valence-electron chi connectivity index (χ0n) is 19.8. The number of aliphatic hydroxyl groups is 1. The highest BCUT2D eigenvalue weighted by atomic mass is 19.1. The molecule has 2 aliphatic rings. The Kier molecular flexibility index (Phi) is 6.39. The molecule has 5 rings (SSSR count). The molecular weight excluding hydrogens is 445 g/mol. The third-order valence-corrected chi connectivity index (χ3v) is 6.46. The van der Waals surface area contributed by atoms with Crippen LogP contribution in [0.3, 0.4) is 0 Å². The molecule has 2 atom stereocenters. The minimum absolute atomic E-state index is 0.0161. The first-order chi connectivity index (χ1) is 16.9. The van der Waals surface area contributed by atoms with E-state index < -0.39 is 18.2 Å². The lowest BCUT2D eigenvalue weighted by Crippen LogP contribution is -2.31. The summed E-state index contributed by atoms with van der Waals surface area (Å²) in [6.45, 7) is 4.67. The second-order valence-electron chi connectivity index (χ2n) is 9.35. The number of esters is 1. The average Bonchev–Trinajstić information content (AvgIpc) is 3.01. The van der Waals surface area contributed by atoms with Crippen LogP contribution in [0, 0.1) is 5.82 Å². The zero-order chi connectivity index (χ0) is 24.5. The highest BCUT2D eigenvalue weighted by molar-refractivity contribution is 5.86. The zero-order valence-corrected chi connectivity index (χ0v) is 19.8. The molecule has 0 radical (unpaired) electrons. The van der Waals surface area contributed by atoms with Crippen LogP contribution < -0.4 is 4.74 Å². The molecule has 2 aliphatic heterocycles. The lowest BCUT2D eigenvalue weighted by molar-refractivity contribution is -0.156. The number of carbonyl (C=O) groups is 1. The number of cyclic esters (lactones) is 1. The van der Waals surface area contributed by atoms with Gasteiger partial charge in [-0.2, -0.15) is 0 Å². The molecule has 0 unspecified atom stereocenters. The summed E-state index contributed by atoms with van der Waals surface area (Å²) in [5.41, 5.74) is 6.48. The van der Waals surface area contributed by atoms with Gasteiger partial charge in [0.05, 0.1) is 30.5 Å². The van der Waals surface area contributed by atoms with Crippen molar-refractivity contribution >= 4 is 12.0 Å². The predicted molar refractivity (Wildman–Crippen MR) is 133 cm³/mol. The van der Waals surface area contributed by atoms with E-state index in [1.807, 2.05) is 36.4 Å². The number of ether oxygens (including phenoxy) is 2. The van der Waals surface area contributed by atoms with Gasteiger partial charge in [-0.25, -0.2) is 4.39 Å². The van der Waals surface area contributed by atoms with Gasteiger partial charge in [0.2, 0.25) is 0 Å². The topological polar surface area (TPSA) is 68.7 Å². The quantitative estimate of drug-likeness (QED) is 0.493. The first-order valence-corrected chi connectivity index (χ1v) is 12.0. The van der Waals surface area contributed by atoms with Crippen LogP contribution in [0.1, 0.15) is 49.4 Å². The Labute approximate surface area is 204 Å². The maximum absolute atomic E-state index is 13.9. The van der Waals surface area contributed by atoms with E-state index in [0.29, 0.717) is 19.4 Å². The molecule has 2 aromatic carbocycles. The summed E-state index contributed by atoms with van der Waals surface area (Å²) < 4.78 is 25.4. The summed E-state index contributed by atoms with van der Waals surface area (Å²) in [6, 6.07) is 14.4. The number of fused-ring (bicyclic) bond motifs is 3. The fraction of sp³-hybridized carbons (Fsp3) is 0.310. The van der Waals surface area contributed by atoms with Crippen molar-refractivity contribution in [2.24, 2.45) is 0 Å². The highest BCUT2D eigenvalue weighted by Gasteiger charge is 2.28. The van der Waals surface area contributed by atoms with Gasteiger partial charge in [-0.05, 0) is 52.9 Å². The van der Waals surface area contributed by atoms with Crippen molar-refractivity contribution in [3.05, 3.63) is 77.2 Å². The minimum Gasteiger partial charge on any atom is -0.493 e. The van der Waals surface area contributed by atoms with Gasteiger partial charge < -0.3 is 14.6 Å². The number of carbonyl (C=O) groups excluding carboxylic acids is 1. The predicted octanol–water partition coefficient (Wildman–Crippen LogP) is 5.69. The van der Waals surface area contributed by atoms with E-state index >= 15 is 0 Å². The molecule has 3 heterocycles. The van der Waals surface area contributed by atoms with E-state index in [9.17, 15) is 14.3 Å². The number of rotatable bonds is 4. The van der Waals surface area contributed by atoms with E-state index in [-0.39, 0.29) is 18.2 Å². The van der Waals surface area contributed by atoms with E-state index in [1.54, 1.807) is 12.1 Å². The molecule has 5 nitrogen and oxygen atoms in total. The first kappa shape index (κ1) is 23.2. The average molecular weight is 474 g/mol. The molecule has 0 amide bonds. The van der Waals surface area contributed by atoms with Gasteiger partial charge in [0, 0.05) is 24.0 Å². The monoisotopic (exact) mass is 473 g/mol. The third-order valence-electron chi connectivity index (χ3n) is 6.46. The molecule has 3 aromatic rings. The number of halogens is 1. The van der Waals surface area contributed by atoms with Crippen molar-refractivity contribution < 1.29 is 23.8 Å². The second-order valence-corrected chi connectivity index (χ2v) is 9.35. The fourth-order valence-corrected chi connectivity index (χ4v) is 4.86. The molecule has 35 heavy (non-hydrogen) atoms. The highest BCUT2D eigenvalue weighted by Crippen LogP contribution is 2.42. The molecule has 1 N–H and O–H groups in total. The van der Waals surface area contributed by atoms with Gasteiger partial charge in [0.1, 0.15) is 17.7 Å². The first-order valence-electron chi connectivity index (χ1n) is 12.0. The van der Waals surface area contributed by atoms with Crippen LogP contribution >= 0.6 is 0 Å². The Hall–Kier alpha value is -3.51. The number of para-hydroxylation sites is 1. The van der Waals surface area contributed by atoms with Crippen LogP contribution in [0.15, 0.2) is 54.6 Å². The van der Waals surface area contributed by atoms with Crippen molar-refractivity contribution in [1.29, 1.82) is 0 Å². The maximum atomic E-state index is 13.9. The van der Waals surface area contributed by atoms with Crippen LogP contribution in [0.25, 0.3) is 28.5 Å². The van der Waals surface area contributed by atoms with E-state index in [0.717, 1.165) is 45.0 Å². The number of hydrogen-bond donors (Lipinski definition) is 1. The SMILES string of the molecule is CC(C)c1nc2c(c(-c3ccc(F)cc3)c1/C=C/[C@@H]1C[C@@H](O)CC(=O)O1)CCOc1ccccc1-2. The van der Waals surface area contributed by atoms with Gasteiger partial charge in [0.25, 0.3) is 0 Å². The summed E-state index contributed by atoms with van der Waals surface area (Å²) in [6.07, 6.45) is 3.53. The standard InChI is InChI=1S/C29H28FNO4/c1-17(2)28-23(12-11-21-15-20(32)16-26(33)35-21)27(18-7-9-19(30)10-8-18)24-13-14-34-25-6-4-3-5-22(25)29(24)31-28/h3-12,17,20-21,32H,13-16H2,1-2H3/b12-11+/t20-,21-/m1/s1. The number of hydrogen-bond acceptors (Lipinski definition) is 5. The van der Waals surface area contributed by atoms with Crippen molar-refractivity contribution in [2.45, 2.75) is 51.2 Å². The smallest absolute Gasteiger partial charge is 0.309 e.